The molecule has 0 radical (unpaired) electrons. The Morgan fingerprint density at radius 1 is 0.706 bits per heavy atom. The molecule has 0 aliphatic rings. The van der Waals surface area contributed by atoms with Crippen LogP contribution in [0.25, 0.3) is 0 Å². The molecule has 1 atom stereocenters. The van der Waals surface area contributed by atoms with Gasteiger partial charge in [0.2, 0.25) is 0 Å². The molecule has 0 amide bonds. The predicted octanol–water partition coefficient (Wildman–Crippen LogP) is 4.72. The van der Waals surface area contributed by atoms with Gasteiger partial charge in [-0.15, -0.1) is 0 Å². The number of rotatable bonds is 10. The van der Waals surface area contributed by atoms with Crippen LogP contribution in [0, 0.1) is 23.7 Å². The molecule has 1 unspecified atom stereocenters. The summed E-state index contributed by atoms with van der Waals surface area (Å²) in [5, 5.41) is 3.63. The van der Waals surface area contributed by atoms with Crippen LogP contribution in [-0.2, 0) is 0 Å². The van der Waals surface area contributed by atoms with Crippen molar-refractivity contribution in [3.63, 3.8) is 0 Å². The maximum Gasteiger partial charge on any atom is -0.00203 e. The van der Waals surface area contributed by atoms with Gasteiger partial charge in [-0.1, -0.05) is 54.4 Å². The van der Waals surface area contributed by atoms with Gasteiger partial charge in [0.25, 0.3) is 0 Å². The van der Waals surface area contributed by atoms with Gasteiger partial charge in [0.15, 0.2) is 0 Å². The first-order valence-electron chi connectivity index (χ1n) is 7.62. The molecule has 1 N–H and O–H groups in total. The van der Waals surface area contributed by atoms with Crippen LogP contribution in [0.1, 0.15) is 67.2 Å². The summed E-state index contributed by atoms with van der Waals surface area (Å²) in [5.41, 5.74) is 0. The molecule has 0 saturated carbocycles. The minimum absolute atomic E-state index is 0.769. The number of hydrogen-bond acceptors (Lipinski definition) is 1. The molecule has 0 fully saturated rings. The smallest absolute Gasteiger partial charge is 0.00203 e. The molecule has 1 heteroatoms. The van der Waals surface area contributed by atoms with Crippen molar-refractivity contribution in [3.8, 4) is 0 Å². The van der Waals surface area contributed by atoms with E-state index < -0.39 is 0 Å². The molecule has 0 aromatic carbocycles. The van der Waals surface area contributed by atoms with Gasteiger partial charge in [-0.05, 0) is 49.6 Å². The normalized spacial score (nSPS) is 13.9. The van der Waals surface area contributed by atoms with Crippen LogP contribution in [0.4, 0.5) is 0 Å². The third-order valence-electron chi connectivity index (χ3n) is 3.18. The van der Waals surface area contributed by atoms with Crippen molar-refractivity contribution < 1.29 is 0 Å². The summed E-state index contributed by atoms with van der Waals surface area (Å²) in [5.74, 6) is 3.34. The van der Waals surface area contributed by atoms with Crippen molar-refractivity contribution in [1.82, 2.24) is 5.32 Å². The zero-order chi connectivity index (χ0) is 13.3. The Hall–Kier alpha value is -0.0400. The second-order valence-electron chi connectivity index (χ2n) is 6.87. The summed E-state index contributed by atoms with van der Waals surface area (Å²) >= 11 is 0. The minimum atomic E-state index is 0.769. The molecule has 0 aliphatic carbocycles. The van der Waals surface area contributed by atoms with E-state index in [4.69, 9.17) is 0 Å². The maximum atomic E-state index is 3.63. The summed E-state index contributed by atoms with van der Waals surface area (Å²) in [6.45, 7) is 16.3. The van der Waals surface area contributed by atoms with Gasteiger partial charge in [0.05, 0.1) is 0 Å². The average molecular weight is 241 g/mol. The van der Waals surface area contributed by atoms with Gasteiger partial charge in [0.1, 0.15) is 0 Å². The van der Waals surface area contributed by atoms with Crippen LogP contribution in [0.2, 0.25) is 0 Å². The van der Waals surface area contributed by atoms with E-state index in [1.54, 1.807) is 0 Å². The van der Waals surface area contributed by atoms with E-state index in [0.717, 1.165) is 23.7 Å². The van der Waals surface area contributed by atoms with E-state index in [-0.39, 0.29) is 0 Å². The SMILES string of the molecule is CC(C)CCCC(CNCC(C)C)CC(C)C. The summed E-state index contributed by atoms with van der Waals surface area (Å²) in [7, 11) is 0. The molecule has 0 rings (SSSR count). The lowest BCUT2D eigenvalue weighted by atomic mass is 9.91. The average Bonchev–Trinajstić information content (AvgIpc) is 2.15. The number of hydrogen-bond donors (Lipinski definition) is 1. The Morgan fingerprint density at radius 2 is 1.35 bits per heavy atom. The second kappa shape index (κ2) is 9.94. The zero-order valence-electron chi connectivity index (χ0n) is 13.1. The van der Waals surface area contributed by atoms with Crippen LogP contribution in [0.3, 0.4) is 0 Å². The monoisotopic (exact) mass is 241 g/mol. The number of nitrogens with one attached hydrogen (secondary N) is 1. The Bertz CT molecular complexity index is 147. The molecule has 0 heterocycles. The molecule has 0 saturated heterocycles. The highest BCUT2D eigenvalue weighted by atomic mass is 14.9. The largest absolute Gasteiger partial charge is 0.316 e. The zero-order valence-corrected chi connectivity index (χ0v) is 13.1. The van der Waals surface area contributed by atoms with Gasteiger partial charge in [-0.2, -0.15) is 0 Å². The van der Waals surface area contributed by atoms with Gasteiger partial charge in [-0.25, -0.2) is 0 Å². The van der Waals surface area contributed by atoms with Gasteiger partial charge < -0.3 is 5.32 Å². The third kappa shape index (κ3) is 12.2. The summed E-state index contributed by atoms with van der Waals surface area (Å²) in [4.78, 5) is 0. The fourth-order valence-electron chi connectivity index (χ4n) is 2.36. The van der Waals surface area contributed by atoms with E-state index in [1.807, 2.05) is 0 Å². The van der Waals surface area contributed by atoms with Crippen molar-refractivity contribution in [3.05, 3.63) is 0 Å². The molecule has 0 aliphatic heterocycles. The fraction of sp³-hybridized carbons (Fsp3) is 1.00. The molecule has 0 bridgehead atoms. The van der Waals surface area contributed by atoms with E-state index in [9.17, 15) is 0 Å². The third-order valence-corrected chi connectivity index (χ3v) is 3.18. The molecule has 0 spiro atoms. The first-order valence-corrected chi connectivity index (χ1v) is 7.62. The Balaban J connectivity index is 3.79. The van der Waals surface area contributed by atoms with Crippen molar-refractivity contribution in [2.24, 2.45) is 23.7 Å². The van der Waals surface area contributed by atoms with Crippen LogP contribution in [0.5, 0.6) is 0 Å². The molecule has 1 nitrogen and oxygen atoms in total. The van der Waals surface area contributed by atoms with Crippen molar-refractivity contribution in [2.75, 3.05) is 13.1 Å². The molecule has 0 aromatic heterocycles. The van der Waals surface area contributed by atoms with Crippen molar-refractivity contribution >= 4 is 0 Å². The topological polar surface area (TPSA) is 12.0 Å². The molecular weight excluding hydrogens is 206 g/mol. The highest BCUT2D eigenvalue weighted by molar-refractivity contribution is 4.66. The van der Waals surface area contributed by atoms with Gasteiger partial charge >= 0.3 is 0 Å². The Labute approximate surface area is 110 Å². The van der Waals surface area contributed by atoms with E-state index >= 15 is 0 Å². The Morgan fingerprint density at radius 3 is 1.82 bits per heavy atom. The van der Waals surface area contributed by atoms with Gasteiger partial charge in [-0.3, -0.25) is 0 Å². The molecule has 104 valence electrons. The summed E-state index contributed by atoms with van der Waals surface area (Å²) < 4.78 is 0. The van der Waals surface area contributed by atoms with Crippen LogP contribution < -0.4 is 5.32 Å². The van der Waals surface area contributed by atoms with Crippen LogP contribution in [0.15, 0.2) is 0 Å². The highest BCUT2D eigenvalue weighted by Gasteiger charge is 2.11. The molecular formula is C16H35N. The predicted molar refractivity (Wildman–Crippen MR) is 79.3 cm³/mol. The van der Waals surface area contributed by atoms with Crippen molar-refractivity contribution in [2.45, 2.75) is 67.2 Å². The van der Waals surface area contributed by atoms with Crippen LogP contribution in [-0.4, -0.2) is 13.1 Å². The summed E-state index contributed by atoms with van der Waals surface area (Å²) in [6.07, 6.45) is 5.57. The first-order chi connectivity index (χ1) is 7.91. The van der Waals surface area contributed by atoms with Crippen molar-refractivity contribution in [1.29, 1.82) is 0 Å². The van der Waals surface area contributed by atoms with Gasteiger partial charge in [0, 0.05) is 0 Å². The fourth-order valence-corrected chi connectivity index (χ4v) is 2.36. The standard InChI is InChI=1S/C16H35N/c1-13(2)8-7-9-16(10-14(3)4)12-17-11-15(5)6/h13-17H,7-12H2,1-6H3. The van der Waals surface area contributed by atoms with E-state index in [2.05, 4.69) is 46.9 Å². The quantitative estimate of drug-likeness (QED) is 0.583. The molecule has 0 aromatic rings. The first kappa shape index (κ1) is 17.0. The summed E-state index contributed by atoms with van der Waals surface area (Å²) in [6, 6.07) is 0. The lowest BCUT2D eigenvalue weighted by molar-refractivity contribution is 0.342. The highest BCUT2D eigenvalue weighted by Crippen LogP contribution is 2.19. The Kier molecular flexibility index (Phi) is 9.91. The molecule has 17 heavy (non-hydrogen) atoms. The lowest BCUT2D eigenvalue weighted by Gasteiger charge is -2.20. The van der Waals surface area contributed by atoms with Crippen LogP contribution >= 0.6 is 0 Å². The lowest BCUT2D eigenvalue weighted by Crippen LogP contribution is -2.27. The minimum Gasteiger partial charge on any atom is -0.316 e. The second-order valence-corrected chi connectivity index (χ2v) is 6.87. The maximum absolute atomic E-state index is 3.63. The van der Waals surface area contributed by atoms with E-state index in [0.29, 0.717) is 0 Å². The van der Waals surface area contributed by atoms with E-state index in [1.165, 1.54) is 38.8 Å².